The topological polar surface area (TPSA) is 50.2 Å². The van der Waals surface area contributed by atoms with E-state index in [9.17, 15) is 4.79 Å². The Kier molecular flexibility index (Phi) is 4.95. The molecule has 0 aliphatic heterocycles. The first-order valence-electron chi connectivity index (χ1n) is 5.23. The molecule has 1 N–H and O–H groups in total. The lowest BCUT2D eigenvalue weighted by molar-refractivity contribution is 0.610. The molecule has 1 heterocycles. The molecule has 16 heavy (non-hydrogen) atoms. The van der Waals surface area contributed by atoms with E-state index >= 15 is 0 Å². The first kappa shape index (κ1) is 13.2. The van der Waals surface area contributed by atoms with Gasteiger partial charge < -0.3 is 10.2 Å². The molecule has 0 radical (unpaired) electrons. The van der Waals surface area contributed by atoms with Crippen LogP contribution < -0.4 is 15.8 Å². The third-order valence-electron chi connectivity index (χ3n) is 2.37. The fourth-order valence-corrected chi connectivity index (χ4v) is 1.96. The maximum absolute atomic E-state index is 11.8. The van der Waals surface area contributed by atoms with Crippen LogP contribution in [-0.2, 0) is 6.54 Å². The summed E-state index contributed by atoms with van der Waals surface area (Å²) in [4.78, 5) is 13.8. The molecule has 0 aliphatic rings. The Morgan fingerprint density at radius 3 is 2.88 bits per heavy atom. The molecule has 6 heteroatoms. The molecule has 0 amide bonds. The Labute approximate surface area is 104 Å². The minimum Gasteiger partial charge on any atom is -0.371 e. The molecule has 0 saturated carbocycles. The Morgan fingerprint density at radius 1 is 1.62 bits per heavy atom. The van der Waals surface area contributed by atoms with Gasteiger partial charge in [-0.25, -0.2) is 4.68 Å². The Morgan fingerprint density at radius 2 is 2.31 bits per heavy atom. The van der Waals surface area contributed by atoms with Crippen LogP contribution in [0.15, 0.2) is 15.5 Å². The van der Waals surface area contributed by atoms with E-state index in [1.807, 2.05) is 25.9 Å². The van der Waals surface area contributed by atoms with E-state index in [-0.39, 0.29) is 5.56 Å². The van der Waals surface area contributed by atoms with Crippen molar-refractivity contribution in [2.75, 3.05) is 32.1 Å². The second-order valence-corrected chi connectivity index (χ2v) is 4.28. The molecule has 0 unspecified atom stereocenters. The van der Waals surface area contributed by atoms with Crippen molar-refractivity contribution in [2.45, 2.75) is 13.5 Å². The summed E-state index contributed by atoms with van der Waals surface area (Å²) in [7, 11) is 3.84. The van der Waals surface area contributed by atoms with Gasteiger partial charge in [-0.15, -0.1) is 0 Å². The summed E-state index contributed by atoms with van der Waals surface area (Å²) in [5.41, 5.74) is 0.737. The van der Waals surface area contributed by atoms with Gasteiger partial charge in [0, 0.05) is 26.7 Å². The van der Waals surface area contributed by atoms with Crippen molar-refractivity contribution in [2.24, 2.45) is 0 Å². The molecular formula is C10H17BrN4O. The summed E-state index contributed by atoms with van der Waals surface area (Å²) < 4.78 is 2.00. The van der Waals surface area contributed by atoms with Crippen molar-refractivity contribution < 1.29 is 0 Å². The number of halogens is 1. The highest BCUT2D eigenvalue weighted by Crippen LogP contribution is 2.19. The number of nitrogens with zero attached hydrogens (tertiary/aromatic N) is 3. The normalized spacial score (nSPS) is 10.5. The van der Waals surface area contributed by atoms with Crippen LogP contribution in [-0.4, -0.2) is 37.0 Å². The molecule has 0 aliphatic carbocycles. The fraction of sp³-hybridized carbons (Fsp3) is 0.600. The Hall–Kier alpha value is -0.880. The van der Waals surface area contributed by atoms with Crippen LogP contribution in [0.1, 0.15) is 6.92 Å². The first-order valence-corrected chi connectivity index (χ1v) is 6.02. The summed E-state index contributed by atoms with van der Waals surface area (Å²) in [6, 6.07) is 0. The molecule has 0 spiro atoms. The maximum Gasteiger partial charge on any atom is 0.283 e. The number of rotatable bonds is 5. The number of aryl methyl sites for hydroxylation is 1. The zero-order valence-electron chi connectivity index (χ0n) is 9.83. The van der Waals surface area contributed by atoms with Crippen LogP contribution in [0.5, 0.6) is 0 Å². The zero-order valence-corrected chi connectivity index (χ0v) is 11.4. The van der Waals surface area contributed by atoms with Gasteiger partial charge in [-0.2, -0.15) is 5.10 Å². The predicted octanol–water partition coefficient (Wildman–Crippen LogP) is 0.681. The smallest absolute Gasteiger partial charge is 0.283 e. The summed E-state index contributed by atoms with van der Waals surface area (Å²) >= 11 is 3.33. The third kappa shape index (κ3) is 2.82. The van der Waals surface area contributed by atoms with E-state index in [0.717, 1.165) is 18.8 Å². The molecular weight excluding hydrogens is 272 g/mol. The molecule has 90 valence electrons. The molecule has 1 rings (SSSR count). The predicted molar refractivity (Wildman–Crippen MR) is 69.1 cm³/mol. The molecule has 1 aromatic heterocycles. The van der Waals surface area contributed by atoms with E-state index < -0.39 is 0 Å². The lowest BCUT2D eigenvalue weighted by atomic mass is 10.4. The van der Waals surface area contributed by atoms with Gasteiger partial charge in [0.05, 0.1) is 11.9 Å². The van der Waals surface area contributed by atoms with Gasteiger partial charge in [-0.05, 0) is 29.9 Å². The third-order valence-corrected chi connectivity index (χ3v) is 3.12. The van der Waals surface area contributed by atoms with Gasteiger partial charge in [0.15, 0.2) is 0 Å². The van der Waals surface area contributed by atoms with Gasteiger partial charge in [0.25, 0.3) is 5.56 Å². The summed E-state index contributed by atoms with van der Waals surface area (Å²) in [6.07, 6.45) is 1.71. The van der Waals surface area contributed by atoms with Crippen molar-refractivity contribution in [3.63, 3.8) is 0 Å². The van der Waals surface area contributed by atoms with E-state index in [0.29, 0.717) is 11.0 Å². The van der Waals surface area contributed by atoms with E-state index in [1.54, 1.807) is 6.20 Å². The van der Waals surface area contributed by atoms with Crippen LogP contribution >= 0.6 is 15.9 Å². The second kappa shape index (κ2) is 6.00. The highest BCUT2D eigenvalue weighted by atomic mass is 79.9. The van der Waals surface area contributed by atoms with Gasteiger partial charge in [0.2, 0.25) is 0 Å². The van der Waals surface area contributed by atoms with Crippen molar-refractivity contribution in [1.82, 2.24) is 15.1 Å². The van der Waals surface area contributed by atoms with E-state index in [2.05, 4.69) is 26.3 Å². The fourth-order valence-electron chi connectivity index (χ4n) is 1.35. The lowest BCUT2D eigenvalue weighted by Crippen LogP contribution is -2.31. The van der Waals surface area contributed by atoms with Crippen molar-refractivity contribution in [1.29, 1.82) is 0 Å². The molecule has 1 aromatic rings. The number of likely N-dealkylation sites (N-methyl/N-ethyl adjacent to an activating group) is 2. The Bertz CT molecular complexity index is 404. The average Bonchev–Trinajstić information content (AvgIpc) is 2.29. The highest BCUT2D eigenvalue weighted by molar-refractivity contribution is 9.10. The summed E-state index contributed by atoms with van der Waals surface area (Å²) in [6.45, 7) is 4.16. The van der Waals surface area contributed by atoms with Crippen molar-refractivity contribution >= 4 is 21.6 Å². The molecule has 0 bridgehead atoms. The minimum atomic E-state index is -0.0868. The SMILES string of the molecule is CCn1ncc(N(C)CCNC)c(Br)c1=O. The standard InChI is InChI=1S/C10H17BrN4O/c1-4-15-10(16)9(11)8(7-13-15)14(3)6-5-12-2/h7,12H,4-6H2,1-3H3. The quantitative estimate of drug-likeness (QED) is 0.866. The molecule has 0 fully saturated rings. The second-order valence-electron chi connectivity index (χ2n) is 3.49. The molecule has 0 atom stereocenters. The number of nitrogens with one attached hydrogen (secondary N) is 1. The monoisotopic (exact) mass is 288 g/mol. The van der Waals surface area contributed by atoms with Crippen LogP contribution in [0.25, 0.3) is 0 Å². The van der Waals surface area contributed by atoms with Crippen molar-refractivity contribution in [3.05, 3.63) is 21.0 Å². The van der Waals surface area contributed by atoms with Gasteiger partial charge >= 0.3 is 0 Å². The molecule has 0 aromatic carbocycles. The average molecular weight is 289 g/mol. The Balaban J connectivity index is 2.98. The number of anilines is 1. The van der Waals surface area contributed by atoms with Crippen LogP contribution in [0.3, 0.4) is 0 Å². The largest absolute Gasteiger partial charge is 0.371 e. The van der Waals surface area contributed by atoms with E-state index in [1.165, 1.54) is 4.68 Å². The van der Waals surface area contributed by atoms with Crippen LogP contribution in [0.4, 0.5) is 5.69 Å². The maximum atomic E-state index is 11.8. The van der Waals surface area contributed by atoms with Gasteiger partial charge in [-0.3, -0.25) is 4.79 Å². The first-order chi connectivity index (χ1) is 7.61. The lowest BCUT2D eigenvalue weighted by Gasteiger charge is -2.20. The van der Waals surface area contributed by atoms with Gasteiger partial charge in [-0.1, -0.05) is 0 Å². The molecule has 0 saturated heterocycles. The van der Waals surface area contributed by atoms with Crippen molar-refractivity contribution in [3.8, 4) is 0 Å². The summed E-state index contributed by atoms with van der Waals surface area (Å²) in [5.74, 6) is 0. The van der Waals surface area contributed by atoms with E-state index in [4.69, 9.17) is 0 Å². The number of aromatic nitrogens is 2. The minimum absolute atomic E-state index is 0.0868. The molecule has 5 nitrogen and oxygen atoms in total. The number of hydrogen-bond acceptors (Lipinski definition) is 4. The highest BCUT2D eigenvalue weighted by Gasteiger charge is 2.11. The summed E-state index contributed by atoms with van der Waals surface area (Å²) in [5, 5.41) is 7.16. The zero-order chi connectivity index (χ0) is 12.1. The number of hydrogen-bond donors (Lipinski definition) is 1. The van der Waals surface area contributed by atoms with Crippen LogP contribution in [0, 0.1) is 0 Å². The van der Waals surface area contributed by atoms with Gasteiger partial charge in [0.1, 0.15) is 4.47 Å². The van der Waals surface area contributed by atoms with Crippen LogP contribution in [0.2, 0.25) is 0 Å².